The predicted molar refractivity (Wildman–Crippen MR) is 78.7 cm³/mol. The van der Waals surface area contributed by atoms with Crippen LogP contribution in [0, 0.1) is 5.92 Å². The lowest BCUT2D eigenvalue weighted by Gasteiger charge is -2.15. The zero-order valence-corrected chi connectivity index (χ0v) is 12.2. The first-order valence-corrected chi connectivity index (χ1v) is 7.13. The molecule has 2 nitrogen and oxygen atoms in total. The quantitative estimate of drug-likeness (QED) is 0.724. The number of carbonyl (C=O) groups is 2. The van der Waals surface area contributed by atoms with E-state index in [1.807, 2.05) is 0 Å². The maximum absolute atomic E-state index is 11.0. The van der Waals surface area contributed by atoms with Crippen molar-refractivity contribution in [3.8, 4) is 0 Å². The van der Waals surface area contributed by atoms with Crippen molar-refractivity contribution < 1.29 is 9.59 Å². The second-order valence-electron chi connectivity index (χ2n) is 5.40. The van der Waals surface area contributed by atoms with Crippen molar-refractivity contribution in [2.24, 2.45) is 5.92 Å². The highest BCUT2D eigenvalue weighted by Gasteiger charge is 2.08. The highest BCUT2D eigenvalue weighted by Crippen LogP contribution is 2.22. The molecule has 1 aromatic carbocycles. The Morgan fingerprint density at radius 3 is 1.58 bits per heavy atom. The molecule has 0 aromatic heterocycles. The molecule has 0 aliphatic heterocycles. The van der Waals surface area contributed by atoms with Crippen molar-refractivity contribution in [2.75, 3.05) is 0 Å². The largest absolute Gasteiger partial charge is 0.294 e. The maximum atomic E-state index is 11.0. The van der Waals surface area contributed by atoms with Crippen LogP contribution in [0.15, 0.2) is 24.3 Å². The van der Waals surface area contributed by atoms with E-state index in [1.54, 1.807) is 24.3 Å². The van der Waals surface area contributed by atoms with Crippen LogP contribution in [0.4, 0.5) is 0 Å². The first-order chi connectivity index (χ1) is 9.02. The molecule has 1 aliphatic rings. The number of rotatable bonds is 2. The van der Waals surface area contributed by atoms with Gasteiger partial charge in [-0.3, -0.25) is 9.59 Å². The van der Waals surface area contributed by atoms with Crippen LogP contribution in [0.5, 0.6) is 0 Å². The number of benzene rings is 1. The van der Waals surface area contributed by atoms with E-state index in [2.05, 4.69) is 6.92 Å². The van der Waals surface area contributed by atoms with Gasteiger partial charge in [0.2, 0.25) is 0 Å². The average Bonchev–Trinajstić information content (AvgIpc) is 2.40. The molecule has 1 fully saturated rings. The van der Waals surface area contributed by atoms with Gasteiger partial charge in [0.25, 0.3) is 0 Å². The zero-order valence-electron chi connectivity index (χ0n) is 12.2. The lowest BCUT2D eigenvalue weighted by atomic mass is 9.91. The molecule has 0 N–H and O–H groups in total. The van der Waals surface area contributed by atoms with Crippen LogP contribution in [0.1, 0.15) is 73.6 Å². The molecule has 2 heteroatoms. The van der Waals surface area contributed by atoms with Crippen LogP contribution in [0.3, 0.4) is 0 Å². The Bertz CT molecular complexity index is 396. The van der Waals surface area contributed by atoms with Gasteiger partial charge in [0.05, 0.1) is 0 Å². The number of Topliss-reactive ketones (excluding diaryl/α,β-unsaturated/α-hetero) is 2. The van der Waals surface area contributed by atoms with Gasteiger partial charge in [0.1, 0.15) is 0 Å². The van der Waals surface area contributed by atoms with E-state index >= 15 is 0 Å². The summed E-state index contributed by atoms with van der Waals surface area (Å²) in [7, 11) is 0. The molecule has 1 aromatic rings. The molecular weight excluding hydrogens is 236 g/mol. The predicted octanol–water partition coefficient (Wildman–Crippen LogP) is 4.68. The molecule has 0 amide bonds. The molecule has 104 valence electrons. The van der Waals surface area contributed by atoms with Crippen LogP contribution in [0.25, 0.3) is 0 Å². The summed E-state index contributed by atoms with van der Waals surface area (Å²) in [5.74, 6) is 0.898. The Morgan fingerprint density at radius 2 is 1.32 bits per heavy atom. The van der Waals surface area contributed by atoms with Crippen molar-refractivity contribution in [1.82, 2.24) is 0 Å². The minimum absolute atomic E-state index is 0.0687. The standard InChI is InChI=1S/C10H10O2.C7H14/c1-7(11)9-5-3-4-6-10(9)8(2)12;1-7-5-3-2-4-6-7/h3-6H,1-2H3;7H,2-6H2,1H3. The summed E-state index contributed by atoms with van der Waals surface area (Å²) in [6.45, 7) is 5.28. The summed E-state index contributed by atoms with van der Waals surface area (Å²) < 4.78 is 0. The van der Waals surface area contributed by atoms with Gasteiger partial charge in [0, 0.05) is 11.1 Å². The van der Waals surface area contributed by atoms with Crippen LogP contribution in [0.2, 0.25) is 0 Å². The van der Waals surface area contributed by atoms with E-state index in [4.69, 9.17) is 0 Å². The van der Waals surface area contributed by atoms with Gasteiger partial charge in [0.15, 0.2) is 11.6 Å². The molecule has 2 rings (SSSR count). The number of hydrogen-bond donors (Lipinski definition) is 0. The minimum Gasteiger partial charge on any atom is -0.294 e. The first-order valence-electron chi connectivity index (χ1n) is 7.13. The van der Waals surface area contributed by atoms with Crippen molar-refractivity contribution in [2.45, 2.75) is 52.9 Å². The molecule has 0 bridgehead atoms. The van der Waals surface area contributed by atoms with Crippen LogP contribution < -0.4 is 0 Å². The molecule has 0 atom stereocenters. The molecule has 0 spiro atoms. The fraction of sp³-hybridized carbons (Fsp3) is 0.529. The highest BCUT2D eigenvalue weighted by molar-refractivity contribution is 6.07. The van der Waals surface area contributed by atoms with Crippen molar-refractivity contribution >= 4 is 11.6 Å². The lowest BCUT2D eigenvalue weighted by molar-refractivity contribution is 0.0981. The lowest BCUT2D eigenvalue weighted by Crippen LogP contribution is -2.02. The molecule has 19 heavy (non-hydrogen) atoms. The van der Waals surface area contributed by atoms with Gasteiger partial charge in [-0.25, -0.2) is 0 Å². The van der Waals surface area contributed by atoms with E-state index < -0.39 is 0 Å². The molecule has 1 saturated carbocycles. The summed E-state index contributed by atoms with van der Waals surface area (Å²) in [5.41, 5.74) is 1.01. The van der Waals surface area contributed by atoms with Gasteiger partial charge >= 0.3 is 0 Å². The monoisotopic (exact) mass is 260 g/mol. The molecular formula is C17H24O2. The minimum atomic E-state index is -0.0687. The first kappa shape index (κ1) is 15.6. The summed E-state index contributed by atoms with van der Waals surface area (Å²) in [6, 6.07) is 6.84. The van der Waals surface area contributed by atoms with E-state index in [1.165, 1.54) is 46.0 Å². The van der Waals surface area contributed by atoms with Crippen molar-refractivity contribution in [3.05, 3.63) is 35.4 Å². The van der Waals surface area contributed by atoms with E-state index in [0.29, 0.717) is 11.1 Å². The normalized spacial score (nSPS) is 15.3. The zero-order chi connectivity index (χ0) is 14.3. The van der Waals surface area contributed by atoms with Crippen LogP contribution in [-0.4, -0.2) is 11.6 Å². The van der Waals surface area contributed by atoms with Gasteiger partial charge in [-0.2, -0.15) is 0 Å². The van der Waals surface area contributed by atoms with Gasteiger partial charge in [-0.1, -0.05) is 63.3 Å². The third kappa shape index (κ3) is 5.37. The number of carbonyl (C=O) groups excluding carboxylic acids is 2. The summed E-state index contributed by atoms with van der Waals surface area (Å²) in [5, 5.41) is 0. The maximum Gasteiger partial charge on any atom is 0.160 e. The fourth-order valence-corrected chi connectivity index (χ4v) is 2.40. The van der Waals surface area contributed by atoms with Crippen LogP contribution >= 0.6 is 0 Å². The van der Waals surface area contributed by atoms with E-state index in [-0.39, 0.29) is 11.6 Å². The average molecular weight is 260 g/mol. The molecule has 0 radical (unpaired) electrons. The number of hydrogen-bond acceptors (Lipinski definition) is 2. The molecule has 0 unspecified atom stereocenters. The van der Waals surface area contributed by atoms with Gasteiger partial charge in [-0.15, -0.1) is 0 Å². The second-order valence-corrected chi connectivity index (χ2v) is 5.40. The highest BCUT2D eigenvalue weighted by atomic mass is 16.1. The van der Waals surface area contributed by atoms with Gasteiger partial charge in [-0.05, 0) is 19.8 Å². The van der Waals surface area contributed by atoms with Crippen molar-refractivity contribution in [3.63, 3.8) is 0 Å². The SMILES string of the molecule is CC(=O)c1ccccc1C(C)=O.CC1CCCCC1. The van der Waals surface area contributed by atoms with E-state index in [9.17, 15) is 9.59 Å². The smallest absolute Gasteiger partial charge is 0.160 e. The second kappa shape index (κ2) is 7.88. The van der Waals surface area contributed by atoms with E-state index in [0.717, 1.165) is 5.92 Å². The Hall–Kier alpha value is -1.44. The molecule has 0 heterocycles. The summed E-state index contributed by atoms with van der Waals surface area (Å²) in [4.78, 5) is 22.0. The third-order valence-corrected chi connectivity index (χ3v) is 3.58. The summed E-state index contributed by atoms with van der Waals surface area (Å²) >= 11 is 0. The topological polar surface area (TPSA) is 34.1 Å². The Kier molecular flexibility index (Phi) is 6.48. The molecule has 0 saturated heterocycles. The Morgan fingerprint density at radius 1 is 0.895 bits per heavy atom. The Balaban J connectivity index is 0.000000218. The Labute approximate surface area is 116 Å². The fourth-order valence-electron chi connectivity index (χ4n) is 2.40. The molecule has 1 aliphatic carbocycles. The van der Waals surface area contributed by atoms with Crippen molar-refractivity contribution in [1.29, 1.82) is 0 Å². The van der Waals surface area contributed by atoms with Crippen LogP contribution in [-0.2, 0) is 0 Å². The third-order valence-electron chi connectivity index (χ3n) is 3.58. The van der Waals surface area contributed by atoms with Gasteiger partial charge < -0.3 is 0 Å². The summed E-state index contributed by atoms with van der Waals surface area (Å²) in [6.07, 6.45) is 7.44. The number of ketones is 2.